The van der Waals surface area contributed by atoms with E-state index in [0.717, 1.165) is 6.54 Å². The van der Waals surface area contributed by atoms with Crippen molar-refractivity contribution < 1.29 is 0 Å². The Kier molecular flexibility index (Phi) is 2.01. The van der Waals surface area contributed by atoms with Crippen LogP contribution in [0.4, 0.5) is 0 Å². The van der Waals surface area contributed by atoms with Crippen molar-refractivity contribution in [3.05, 3.63) is 41.0 Å². The molecule has 0 unspecified atom stereocenters. The number of benzene rings is 1. The largest absolute Gasteiger partial charge is 0.288 e. The molecule has 0 radical (unpaired) electrons. The molecule has 0 aliphatic carbocycles. The molecule has 0 saturated heterocycles. The molecule has 0 spiro atoms. The first-order valence-corrected chi connectivity index (χ1v) is 4.54. The topological polar surface area (TPSA) is 12.4 Å². The molecule has 1 aromatic carbocycles. The van der Waals surface area contributed by atoms with Crippen LogP contribution in [0.5, 0.6) is 0 Å². The molecule has 0 aromatic heterocycles. The second-order valence-electron chi connectivity index (χ2n) is 3.53. The predicted molar refractivity (Wildman–Crippen MR) is 57.3 cm³/mol. The molecule has 0 atom stereocenters. The Morgan fingerprint density at radius 2 is 1.77 bits per heavy atom. The van der Waals surface area contributed by atoms with E-state index in [9.17, 15) is 0 Å². The maximum Gasteiger partial charge on any atom is 0.0580 e. The van der Waals surface area contributed by atoms with Crippen molar-refractivity contribution in [2.45, 2.75) is 13.8 Å². The molecule has 2 rings (SSSR count). The molecule has 0 bridgehead atoms. The van der Waals surface area contributed by atoms with E-state index in [4.69, 9.17) is 0 Å². The van der Waals surface area contributed by atoms with E-state index in [1.54, 1.807) is 0 Å². The van der Waals surface area contributed by atoms with Crippen molar-refractivity contribution in [2.24, 2.45) is 4.99 Å². The van der Waals surface area contributed by atoms with Gasteiger partial charge in [0.25, 0.3) is 0 Å². The molecule has 66 valence electrons. The summed E-state index contributed by atoms with van der Waals surface area (Å²) in [5, 5.41) is 0. The standard InChI is InChI=1S/C12H13N/c1-9-5-10(2)7-12(6-9)11-3-4-13-8-11/h3,5-8H,4H2,1-2H3. The molecule has 1 aliphatic rings. The summed E-state index contributed by atoms with van der Waals surface area (Å²) < 4.78 is 0. The Hall–Kier alpha value is -1.37. The molecule has 1 heterocycles. The van der Waals surface area contributed by atoms with Gasteiger partial charge in [-0.1, -0.05) is 35.4 Å². The Labute approximate surface area is 78.8 Å². The first-order valence-electron chi connectivity index (χ1n) is 4.54. The number of rotatable bonds is 1. The minimum atomic E-state index is 0.836. The molecule has 0 fully saturated rings. The lowest BCUT2D eigenvalue weighted by atomic mass is 10.0. The van der Waals surface area contributed by atoms with Gasteiger partial charge in [0.2, 0.25) is 0 Å². The second-order valence-corrected chi connectivity index (χ2v) is 3.53. The zero-order valence-electron chi connectivity index (χ0n) is 8.04. The molecule has 1 heteroatoms. The zero-order valence-corrected chi connectivity index (χ0v) is 8.04. The van der Waals surface area contributed by atoms with Gasteiger partial charge in [-0.25, -0.2) is 0 Å². The fourth-order valence-electron chi connectivity index (χ4n) is 1.69. The van der Waals surface area contributed by atoms with Crippen LogP contribution in [0, 0.1) is 13.8 Å². The van der Waals surface area contributed by atoms with Gasteiger partial charge in [-0.15, -0.1) is 0 Å². The molecule has 1 nitrogen and oxygen atoms in total. The van der Waals surface area contributed by atoms with Crippen molar-refractivity contribution >= 4 is 11.8 Å². The summed E-state index contributed by atoms with van der Waals surface area (Å²) in [5.41, 5.74) is 5.18. The van der Waals surface area contributed by atoms with Crippen LogP contribution in [0.2, 0.25) is 0 Å². The summed E-state index contributed by atoms with van der Waals surface area (Å²) >= 11 is 0. The van der Waals surface area contributed by atoms with E-state index in [2.05, 4.69) is 43.1 Å². The van der Waals surface area contributed by atoms with Crippen LogP contribution >= 0.6 is 0 Å². The lowest BCUT2D eigenvalue weighted by Gasteiger charge is -2.03. The van der Waals surface area contributed by atoms with Crippen LogP contribution < -0.4 is 0 Å². The molecule has 13 heavy (non-hydrogen) atoms. The smallest absolute Gasteiger partial charge is 0.0580 e. The van der Waals surface area contributed by atoms with Crippen molar-refractivity contribution in [1.82, 2.24) is 0 Å². The van der Waals surface area contributed by atoms with Gasteiger partial charge in [-0.2, -0.15) is 0 Å². The van der Waals surface area contributed by atoms with E-state index in [-0.39, 0.29) is 0 Å². The summed E-state index contributed by atoms with van der Waals surface area (Å²) in [5.74, 6) is 0. The number of nitrogens with zero attached hydrogens (tertiary/aromatic N) is 1. The monoisotopic (exact) mass is 171 g/mol. The number of hydrogen-bond acceptors (Lipinski definition) is 1. The van der Waals surface area contributed by atoms with E-state index >= 15 is 0 Å². The van der Waals surface area contributed by atoms with E-state index < -0.39 is 0 Å². The maximum absolute atomic E-state index is 4.18. The minimum Gasteiger partial charge on any atom is -0.288 e. The van der Waals surface area contributed by atoms with Crippen molar-refractivity contribution in [3.63, 3.8) is 0 Å². The molecular formula is C12H13N. The molecule has 1 aliphatic heterocycles. The SMILES string of the molecule is Cc1cc(C)cc(C2=CCN=C2)c1. The fraction of sp³-hybridized carbons (Fsp3) is 0.250. The van der Waals surface area contributed by atoms with Gasteiger partial charge in [0.15, 0.2) is 0 Å². The average molecular weight is 171 g/mol. The highest BCUT2D eigenvalue weighted by Crippen LogP contribution is 2.18. The number of aliphatic imine (C=N–C) groups is 1. The van der Waals surface area contributed by atoms with Gasteiger partial charge in [0.1, 0.15) is 0 Å². The summed E-state index contributed by atoms with van der Waals surface area (Å²) in [4.78, 5) is 4.18. The normalized spacial score (nSPS) is 14.8. The van der Waals surface area contributed by atoms with Crippen LogP contribution in [-0.4, -0.2) is 12.8 Å². The molecule has 1 aromatic rings. The first kappa shape index (κ1) is 8.24. The Bertz CT molecular complexity index is 366. The van der Waals surface area contributed by atoms with Gasteiger partial charge in [-0.05, 0) is 25.0 Å². The van der Waals surface area contributed by atoms with Crippen LogP contribution in [-0.2, 0) is 0 Å². The first-order chi connectivity index (χ1) is 6.25. The summed E-state index contributed by atoms with van der Waals surface area (Å²) in [7, 11) is 0. The maximum atomic E-state index is 4.18. The Morgan fingerprint density at radius 1 is 1.08 bits per heavy atom. The predicted octanol–water partition coefficient (Wildman–Crippen LogP) is 2.77. The number of allylic oxidation sites excluding steroid dienone is 1. The molecular weight excluding hydrogens is 158 g/mol. The van der Waals surface area contributed by atoms with E-state index in [0.29, 0.717) is 0 Å². The van der Waals surface area contributed by atoms with Crippen LogP contribution in [0.3, 0.4) is 0 Å². The number of aryl methyl sites for hydroxylation is 2. The third-order valence-corrected chi connectivity index (χ3v) is 2.20. The lowest BCUT2D eigenvalue weighted by Crippen LogP contribution is -1.86. The summed E-state index contributed by atoms with van der Waals surface area (Å²) in [6, 6.07) is 6.60. The fourth-order valence-corrected chi connectivity index (χ4v) is 1.69. The van der Waals surface area contributed by atoms with Crippen LogP contribution in [0.1, 0.15) is 16.7 Å². The van der Waals surface area contributed by atoms with E-state index in [1.165, 1.54) is 22.3 Å². The average Bonchev–Trinajstić information content (AvgIpc) is 2.53. The highest BCUT2D eigenvalue weighted by molar-refractivity contribution is 6.11. The highest BCUT2D eigenvalue weighted by atomic mass is 14.7. The van der Waals surface area contributed by atoms with Gasteiger partial charge < -0.3 is 0 Å². The van der Waals surface area contributed by atoms with Gasteiger partial charge in [0, 0.05) is 6.21 Å². The Balaban J connectivity index is 2.45. The lowest BCUT2D eigenvalue weighted by molar-refractivity contribution is 1.29. The molecule has 0 N–H and O–H groups in total. The third-order valence-electron chi connectivity index (χ3n) is 2.20. The van der Waals surface area contributed by atoms with Crippen LogP contribution in [0.25, 0.3) is 5.57 Å². The quantitative estimate of drug-likeness (QED) is 0.616. The van der Waals surface area contributed by atoms with Crippen molar-refractivity contribution in [2.75, 3.05) is 6.54 Å². The van der Waals surface area contributed by atoms with E-state index in [1.807, 2.05) is 6.21 Å². The van der Waals surface area contributed by atoms with Crippen LogP contribution in [0.15, 0.2) is 29.3 Å². The summed E-state index contributed by atoms with van der Waals surface area (Å²) in [6.07, 6.45) is 4.11. The highest BCUT2D eigenvalue weighted by Gasteiger charge is 2.03. The van der Waals surface area contributed by atoms with Crippen molar-refractivity contribution in [3.8, 4) is 0 Å². The van der Waals surface area contributed by atoms with Gasteiger partial charge >= 0.3 is 0 Å². The number of hydrogen-bond donors (Lipinski definition) is 0. The Morgan fingerprint density at radius 3 is 2.31 bits per heavy atom. The second kappa shape index (κ2) is 3.17. The summed E-state index contributed by atoms with van der Waals surface area (Å²) in [6.45, 7) is 5.09. The van der Waals surface area contributed by atoms with Crippen molar-refractivity contribution in [1.29, 1.82) is 0 Å². The molecule has 0 saturated carbocycles. The molecule has 0 amide bonds. The van der Waals surface area contributed by atoms with Gasteiger partial charge in [0.05, 0.1) is 6.54 Å². The zero-order chi connectivity index (χ0) is 9.26. The van der Waals surface area contributed by atoms with Gasteiger partial charge in [-0.3, -0.25) is 4.99 Å². The minimum absolute atomic E-state index is 0.836. The third kappa shape index (κ3) is 1.69.